The normalized spacial score (nSPS) is 17.2. The van der Waals surface area contributed by atoms with Crippen LogP contribution >= 0.6 is 0 Å². The molecule has 1 aliphatic carbocycles. The number of rotatable bonds is 5. The first-order valence-electron chi connectivity index (χ1n) is 8.67. The van der Waals surface area contributed by atoms with E-state index in [4.69, 9.17) is 4.74 Å². The fraction of sp³-hybridized carbons (Fsp3) is 0.409. The van der Waals surface area contributed by atoms with Gasteiger partial charge in [-0.05, 0) is 66.9 Å². The molecule has 0 N–H and O–H groups in total. The van der Waals surface area contributed by atoms with Gasteiger partial charge in [0.1, 0.15) is 0 Å². The van der Waals surface area contributed by atoms with Crippen LogP contribution in [0.3, 0.4) is 0 Å². The van der Waals surface area contributed by atoms with E-state index in [1.165, 1.54) is 41.2 Å². The molecule has 128 valence electrons. The van der Waals surface area contributed by atoms with E-state index < -0.39 is 0 Å². The molecule has 24 heavy (non-hydrogen) atoms. The number of hydrogen-bond acceptors (Lipinski definition) is 2. The number of aryl methyl sites for hydroxylation is 1. The highest BCUT2D eigenvalue weighted by atomic mass is 16.5. The predicted molar refractivity (Wildman–Crippen MR) is 101 cm³/mol. The van der Waals surface area contributed by atoms with Crippen LogP contribution in [0.25, 0.3) is 5.57 Å². The van der Waals surface area contributed by atoms with Gasteiger partial charge in [-0.15, -0.1) is 0 Å². The molecule has 1 aromatic rings. The number of hydrogen-bond donors (Lipinski definition) is 0. The maximum atomic E-state index is 11.4. The average molecular weight is 324 g/mol. The van der Waals surface area contributed by atoms with Crippen molar-refractivity contribution in [2.75, 3.05) is 6.61 Å². The molecular formula is C22H28O2. The third kappa shape index (κ3) is 4.47. The first-order chi connectivity index (χ1) is 11.3. The highest BCUT2D eigenvalue weighted by Gasteiger charge is 2.29. The Balaban J connectivity index is 2.12. The van der Waals surface area contributed by atoms with Crippen molar-refractivity contribution in [2.45, 2.75) is 52.9 Å². The smallest absolute Gasteiger partial charge is 0.330 e. The molecule has 0 unspecified atom stereocenters. The van der Waals surface area contributed by atoms with Crippen LogP contribution in [-0.4, -0.2) is 12.6 Å². The minimum atomic E-state index is -0.291. The molecule has 0 amide bonds. The molecule has 1 aliphatic rings. The highest BCUT2D eigenvalue weighted by Crippen LogP contribution is 2.39. The largest absolute Gasteiger partial charge is 0.463 e. The van der Waals surface area contributed by atoms with Crippen LogP contribution in [0.1, 0.15) is 57.7 Å². The zero-order valence-corrected chi connectivity index (χ0v) is 15.5. The number of esters is 1. The van der Waals surface area contributed by atoms with Crippen LogP contribution < -0.4 is 0 Å². The molecule has 0 radical (unpaired) electrons. The lowest BCUT2D eigenvalue weighted by molar-refractivity contribution is -0.137. The molecule has 1 aromatic carbocycles. The third-order valence-electron chi connectivity index (χ3n) is 4.65. The summed E-state index contributed by atoms with van der Waals surface area (Å²) in [6, 6.07) is 6.82. The fourth-order valence-corrected chi connectivity index (χ4v) is 3.11. The molecule has 0 saturated heterocycles. The maximum absolute atomic E-state index is 11.4. The summed E-state index contributed by atoms with van der Waals surface area (Å²) in [5.41, 5.74) is 6.62. The Bertz CT molecular complexity index is 703. The van der Waals surface area contributed by atoms with Crippen molar-refractivity contribution in [3.63, 3.8) is 0 Å². The lowest BCUT2D eigenvalue weighted by Gasteiger charge is -2.19. The second-order valence-corrected chi connectivity index (χ2v) is 7.11. The van der Waals surface area contributed by atoms with Crippen LogP contribution in [0.5, 0.6) is 0 Å². The van der Waals surface area contributed by atoms with Gasteiger partial charge in [-0.2, -0.15) is 0 Å². The summed E-state index contributed by atoms with van der Waals surface area (Å²) in [6.07, 6.45) is 9.93. The van der Waals surface area contributed by atoms with Crippen molar-refractivity contribution in [2.24, 2.45) is 0 Å². The van der Waals surface area contributed by atoms with Crippen LogP contribution in [0, 0.1) is 0 Å². The van der Waals surface area contributed by atoms with Gasteiger partial charge in [0.25, 0.3) is 0 Å². The van der Waals surface area contributed by atoms with Gasteiger partial charge >= 0.3 is 5.97 Å². The Morgan fingerprint density at radius 2 is 2.04 bits per heavy atom. The Morgan fingerprint density at radius 3 is 2.75 bits per heavy atom. The molecule has 0 aromatic heterocycles. The van der Waals surface area contributed by atoms with Gasteiger partial charge in [0, 0.05) is 6.08 Å². The van der Waals surface area contributed by atoms with Crippen LogP contribution in [0.4, 0.5) is 0 Å². The number of ether oxygens (including phenoxy) is 1. The minimum absolute atomic E-state index is 0.278. The van der Waals surface area contributed by atoms with Crippen LogP contribution in [0.2, 0.25) is 0 Å². The minimum Gasteiger partial charge on any atom is -0.463 e. The van der Waals surface area contributed by atoms with E-state index in [0.29, 0.717) is 6.61 Å². The van der Waals surface area contributed by atoms with E-state index in [2.05, 4.69) is 45.0 Å². The fourth-order valence-electron chi connectivity index (χ4n) is 3.11. The molecule has 0 saturated carbocycles. The van der Waals surface area contributed by atoms with Crippen molar-refractivity contribution < 1.29 is 9.53 Å². The predicted octanol–water partition coefficient (Wildman–Crippen LogP) is 5.38. The summed E-state index contributed by atoms with van der Waals surface area (Å²) < 4.78 is 4.91. The van der Waals surface area contributed by atoms with Crippen molar-refractivity contribution in [3.05, 3.63) is 64.8 Å². The Hall–Kier alpha value is -2.09. The summed E-state index contributed by atoms with van der Waals surface area (Å²) in [5.74, 6) is -0.291. The van der Waals surface area contributed by atoms with Gasteiger partial charge in [0.2, 0.25) is 0 Å². The molecule has 2 nitrogen and oxygen atoms in total. The van der Waals surface area contributed by atoms with Crippen molar-refractivity contribution >= 4 is 11.5 Å². The lowest BCUT2D eigenvalue weighted by atomic mass is 9.85. The maximum Gasteiger partial charge on any atom is 0.330 e. The molecule has 0 heterocycles. The van der Waals surface area contributed by atoms with Gasteiger partial charge in [0.05, 0.1) is 6.61 Å². The average Bonchev–Trinajstić information content (AvgIpc) is 2.82. The Morgan fingerprint density at radius 1 is 1.29 bits per heavy atom. The monoisotopic (exact) mass is 324 g/mol. The first kappa shape index (κ1) is 18.3. The van der Waals surface area contributed by atoms with Gasteiger partial charge in [-0.1, -0.05) is 50.3 Å². The van der Waals surface area contributed by atoms with Crippen LogP contribution in [0.15, 0.2) is 48.1 Å². The van der Waals surface area contributed by atoms with Crippen molar-refractivity contribution in [3.8, 4) is 0 Å². The van der Waals surface area contributed by atoms with E-state index >= 15 is 0 Å². The van der Waals surface area contributed by atoms with E-state index in [1.54, 1.807) is 6.92 Å². The van der Waals surface area contributed by atoms with Crippen LogP contribution in [-0.2, 0) is 21.4 Å². The quantitative estimate of drug-likeness (QED) is 0.413. The number of carbonyl (C=O) groups excluding carboxylic acids is 1. The first-order valence-corrected chi connectivity index (χ1v) is 8.67. The highest BCUT2D eigenvalue weighted by molar-refractivity contribution is 5.83. The third-order valence-corrected chi connectivity index (χ3v) is 4.65. The molecule has 2 rings (SSSR count). The van der Waals surface area contributed by atoms with E-state index in [-0.39, 0.29) is 11.4 Å². The zero-order chi connectivity index (χ0) is 17.7. The number of benzene rings is 1. The molecule has 2 heteroatoms. The second-order valence-electron chi connectivity index (χ2n) is 7.11. The molecule has 0 spiro atoms. The standard InChI is InChI=1S/C22H28O2/c1-6-24-21(23)14-16(2)8-7-9-17(3)19-11-10-18-12-13-22(4,5)20(18)15-19/h7-11,14-15H,6,12-13H2,1-5H3. The molecule has 0 atom stereocenters. The summed E-state index contributed by atoms with van der Waals surface area (Å²) >= 11 is 0. The van der Waals surface area contributed by atoms with Gasteiger partial charge < -0.3 is 4.74 Å². The second kappa shape index (κ2) is 7.65. The van der Waals surface area contributed by atoms with E-state index in [0.717, 1.165) is 5.57 Å². The van der Waals surface area contributed by atoms with Gasteiger partial charge in [0.15, 0.2) is 0 Å². The summed E-state index contributed by atoms with van der Waals surface area (Å²) in [7, 11) is 0. The van der Waals surface area contributed by atoms with Gasteiger partial charge in [-0.25, -0.2) is 4.79 Å². The number of allylic oxidation sites excluding steroid dienone is 5. The molecule has 0 aliphatic heterocycles. The zero-order valence-electron chi connectivity index (χ0n) is 15.5. The Labute approximate surface area is 145 Å². The van der Waals surface area contributed by atoms with E-state index in [9.17, 15) is 4.79 Å². The van der Waals surface area contributed by atoms with Crippen molar-refractivity contribution in [1.29, 1.82) is 0 Å². The number of fused-ring (bicyclic) bond motifs is 1. The number of carbonyl (C=O) groups is 1. The summed E-state index contributed by atoms with van der Waals surface area (Å²) in [4.78, 5) is 11.4. The molecule has 0 bridgehead atoms. The molecular weight excluding hydrogens is 296 g/mol. The topological polar surface area (TPSA) is 26.3 Å². The van der Waals surface area contributed by atoms with Gasteiger partial charge in [-0.3, -0.25) is 0 Å². The summed E-state index contributed by atoms with van der Waals surface area (Å²) in [5, 5.41) is 0. The SMILES string of the molecule is CCOC(=O)C=C(C)C=CC=C(C)c1ccc2c(c1)C(C)(C)CC2. The summed E-state index contributed by atoms with van der Waals surface area (Å²) in [6.45, 7) is 10.9. The van der Waals surface area contributed by atoms with E-state index in [1.807, 2.05) is 19.1 Å². The Kier molecular flexibility index (Phi) is 5.82. The molecule has 0 fully saturated rings. The lowest BCUT2D eigenvalue weighted by Crippen LogP contribution is -2.11. The van der Waals surface area contributed by atoms with Crippen molar-refractivity contribution in [1.82, 2.24) is 0 Å².